The van der Waals surface area contributed by atoms with E-state index in [0.29, 0.717) is 17.9 Å². The second-order valence-corrected chi connectivity index (χ2v) is 15.3. The predicted octanol–water partition coefficient (Wildman–Crippen LogP) is -4.02. The Morgan fingerprint density at radius 1 is 0.687 bits per heavy atom. The topological polar surface area (TPSA) is 389 Å². The van der Waals surface area contributed by atoms with Crippen molar-refractivity contribution in [3.05, 3.63) is 54.1 Å². The Morgan fingerprint density at radius 3 is 1.75 bits per heavy atom. The Hall–Kier alpha value is -4.72. The van der Waals surface area contributed by atoms with Crippen molar-refractivity contribution in [2.75, 3.05) is 65.7 Å². The lowest BCUT2D eigenvalue weighted by molar-refractivity contribution is -0.379. The number of rotatable bonds is 23. The van der Waals surface area contributed by atoms with Crippen molar-refractivity contribution < 1.29 is 107 Å². The number of carboxylic acid groups (broad SMARTS) is 1. The molecule has 3 aliphatic rings. The van der Waals surface area contributed by atoms with Crippen molar-refractivity contribution in [1.29, 1.82) is 5.41 Å². The fourth-order valence-electron chi connectivity index (χ4n) is 7.18. The number of hydrogen-bond donors (Lipinski definition) is 12. The first-order valence-corrected chi connectivity index (χ1v) is 20.9. The third-order valence-electron chi connectivity index (χ3n) is 10.6. The van der Waals surface area contributed by atoms with Gasteiger partial charge in [-0.3, -0.25) is 10.2 Å². The van der Waals surface area contributed by atoms with Crippen molar-refractivity contribution >= 4 is 29.5 Å². The molecule has 6 unspecified atom stereocenters. The van der Waals surface area contributed by atoms with Crippen LogP contribution < -0.4 is 25.8 Å². The van der Waals surface area contributed by atoms with Gasteiger partial charge in [0.15, 0.2) is 24.8 Å². The fraction of sp³-hybridized carbons (Fsp3) is 0.610. The molecule has 3 fully saturated rings. The van der Waals surface area contributed by atoms with Crippen LogP contribution in [0.2, 0.25) is 0 Å². The van der Waals surface area contributed by atoms with Crippen LogP contribution in [0.3, 0.4) is 0 Å². The average Bonchev–Trinajstić information content (AvgIpc) is 3.30. The maximum absolute atomic E-state index is 12.8. The SMILES string of the molecule is CO[C@@H]1O[C@@H](COCC(=O)O)[C@@H](O[C@@H]2OC(COCC(=O)NCCCOc3ccc(C(=O)Oc4ccc(NC(=N)N)cc4)cc3)[C@@H](O[C@@H]3O[C@@H](CO)[C@@H](OC)C(O)C3O)[C@H](O)C2O)C(O)C1O. The Bertz CT molecular complexity index is 1880. The van der Waals surface area contributed by atoms with Crippen molar-refractivity contribution in [3.63, 3.8) is 0 Å². The van der Waals surface area contributed by atoms with E-state index in [4.69, 9.17) is 68.4 Å². The van der Waals surface area contributed by atoms with Crippen LogP contribution in [0.4, 0.5) is 5.69 Å². The van der Waals surface area contributed by atoms with Gasteiger partial charge >= 0.3 is 11.9 Å². The summed E-state index contributed by atoms with van der Waals surface area (Å²) in [4.78, 5) is 36.5. The summed E-state index contributed by atoms with van der Waals surface area (Å²) in [7, 11) is 2.40. The van der Waals surface area contributed by atoms with Gasteiger partial charge in [0.2, 0.25) is 5.91 Å². The molecule has 0 spiro atoms. The lowest BCUT2D eigenvalue weighted by atomic mass is 9.96. The molecule has 2 aromatic carbocycles. The van der Waals surface area contributed by atoms with Gasteiger partial charge in [-0.15, -0.1) is 0 Å². The van der Waals surface area contributed by atoms with Crippen LogP contribution in [0.25, 0.3) is 0 Å². The van der Waals surface area contributed by atoms with Gasteiger partial charge in [-0.2, -0.15) is 0 Å². The number of nitrogens with two attached hydrogens (primary N) is 1. The number of aliphatic hydroxyl groups is 7. The third-order valence-corrected chi connectivity index (χ3v) is 10.6. The molecule has 0 radical (unpaired) electrons. The number of hydrogen-bond acceptors (Lipinski definition) is 22. The number of carbonyl (C=O) groups is 3. The van der Waals surface area contributed by atoms with Crippen LogP contribution in [0.15, 0.2) is 48.5 Å². The quantitative estimate of drug-likeness (QED) is 0.0166. The maximum atomic E-state index is 12.8. The molecule has 0 aromatic heterocycles. The second kappa shape index (κ2) is 25.6. The van der Waals surface area contributed by atoms with E-state index in [1.807, 2.05) is 0 Å². The normalized spacial score (nSPS) is 31.9. The minimum absolute atomic E-state index is 0.145. The molecule has 0 saturated carbocycles. The Kier molecular flexibility index (Phi) is 20.3. The number of methoxy groups -OCH3 is 2. The summed E-state index contributed by atoms with van der Waals surface area (Å²) in [6, 6.07) is 12.5. The van der Waals surface area contributed by atoms with E-state index in [0.717, 1.165) is 0 Å². The average molecular weight is 959 g/mol. The van der Waals surface area contributed by atoms with Crippen LogP contribution in [-0.4, -0.2) is 217 Å². The maximum Gasteiger partial charge on any atom is 0.343 e. The molecule has 26 nitrogen and oxygen atoms in total. The molecule has 26 heteroatoms. The number of carboxylic acids is 1. The first-order chi connectivity index (χ1) is 32.0. The lowest BCUT2D eigenvalue weighted by Crippen LogP contribution is -2.66. The van der Waals surface area contributed by atoms with Gasteiger partial charge in [-0.05, 0) is 55.0 Å². The number of aliphatic hydroxyl groups excluding tert-OH is 7. The number of amides is 1. The highest BCUT2D eigenvalue weighted by molar-refractivity contribution is 5.92. The molecule has 15 atom stereocenters. The summed E-state index contributed by atoms with van der Waals surface area (Å²) < 4.78 is 61.0. The largest absolute Gasteiger partial charge is 0.494 e. The van der Waals surface area contributed by atoms with Crippen LogP contribution in [0, 0.1) is 5.41 Å². The molecule has 3 heterocycles. The van der Waals surface area contributed by atoms with Crippen molar-refractivity contribution in [3.8, 4) is 11.5 Å². The third kappa shape index (κ3) is 14.6. The number of ether oxygens (including phenoxy) is 11. The monoisotopic (exact) mass is 958 g/mol. The molecule has 2 aromatic rings. The molecule has 5 rings (SSSR count). The van der Waals surface area contributed by atoms with Crippen LogP contribution in [0.5, 0.6) is 11.5 Å². The van der Waals surface area contributed by atoms with E-state index in [2.05, 4.69) is 10.6 Å². The fourth-order valence-corrected chi connectivity index (χ4v) is 7.18. The van der Waals surface area contributed by atoms with Gasteiger partial charge in [0.1, 0.15) is 98.0 Å². The number of anilines is 1. The number of guanidine groups is 1. The predicted molar refractivity (Wildman–Crippen MR) is 222 cm³/mol. The summed E-state index contributed by atoms with van der Waals surface area (Å²) >= 11 is 0. The second-order valence-electron chi connectivity index (χ2n) is 15.3. The van der Waals surface area contributed by atoms with E-state index in [1.165, 1.54) is 26.4 Å². The van der Waals surface area contributed by atoms with Crippen molar-refractivity contribution in [2.45, 2.75) is 98.5 Å². The number of benzene rings is 2. The zero-order chi connectivity index (χ0) is 48.8. The van der Waals surface area contributed by atoms with Gasteiger partial charge < -0.3 is 109 Å². The molecule has 13 N–H and O–H groups in total. The molecule has 67 heavy (non-hydrogen) atoms. The first kappa shape index (κ1) is 53.2. The van der Waals surface area contributed by atoms with Gasteiger partial charge in [-0.1, -0.05) is 0 Å². The highest BCUT2D eigenvalue weighted by Gasteiger charge is 2.54. The Balaban J connectivity index is 1.15. The Labute approximate surface area is 382 Å². The number of esters is 1. The minimum atomic E-state index is -2.01. The van der Waals surface area contributed by atoms with Crippen LogP contribution in [0.1, 0.15) is 16.8 Å². The highest BCUT2D eigenvalue weighted by Crippen LogP contribution is 2.33. The van der Waals surface area contributed by atoms with E-state index < -0.39 is 143 Å². The first-order valence-electron chi connectivity index (χ1n) is 20.9. The molecule has 3 aliphatic heterocycles. The summed E-state index contributed by atoms with van der Waals surface area (Å²) in [5.41, 5.74) is 6.12. The molecule has 0 aliphatic carbocycles. The number of aliphatic carboxylic acids is 1. The smallest absolute Gasteiger partial charge is 0.343 e. The van der Waals surface area contributed by atoms with Crippen molar-refractivity contribution in [2.24, 2.45) is 5.73 Å². The molecule has 1 amide bonds. The molecule has 374 valence electrons. The zero-order valence-corrected chi connectivity index (χ0v) is 36.3. The van der Waals surface area contributed by atoms with E-state index in [1.54, 1.807) is 36.4 Å². The van der Waals surface area contributed by atoms with Crippen LogP contribution in [-0.2, 0) is 52.2 Å². The number of carbonyl (C=O) groups excluding carboxylic acids is 2. The Morgan fingerprint density at radius 2 is 1.21 bits per heavy atom. The minimum Gasteiger partial charge on any atom is -0.494 e. The molecular formula is C41H58N4O22. The molecule has 0 bridgehead atoms. The molecular weight excluding hydrogens is 900 g/mol. The standard InChI is InChI=1S/C41H58N4O22/c1-57-34-23(14-46)63-39(32(54)28(34)50)66-36-25(65-40(33(55)30(36)52)67-35-24(16-60-18-27(48)49)64-38(58-2)31(53)29(35)51)15-59-17-26(47)44-12-3-13-61-21-8-4-19(5-9-21)37(56)62-22-10-6-20(7-11-22)45-41(42)43/h4-11,23-25,28-36,38-40,46,50-55H,3,12-18H2,1-2H3,(H,44,47)(H,48,49)(H4,42,43,45)/t23-,24-,25?,28?,29?,30+,31?,32?,33?,34+,35+,36+,38+,39-,40-/m0/s1. The van der Waals surface area contributed by atoms with E-state index in [9.17, 15) is 50.1 Å². The molecule has 3 saturated heterocycles. The lowest BCUT2D eigenvalue weighted by Gasteiger charge is -2.48. The summed E-state index contributed by atoms with van der Waals surface area (Å²) in [5.74, 6) is -2.03. The zero-order valence-electron chi connectivity index (χ0n) is 36.3. The van der Waals surface area contributed by atoms with E-state index in [-0.39, 0.29) is 30.4 Å². The van der Waals surface area contributed by atoms with Gasteiger partial charge in [0.05, 0.1) is 32.0 Å². The highest BCUT2D eigenvalue weighted by atomic mass is 16.8. The summed E-state index contributed by atoms with van der Waals surface area (Å²) in [6.07, 6.45) is -24.0. The van der Waals surface area contributed by atoms with E-state index >= 15 is 0 Å². The summed E-state index contributed by atoms with van der Waals surface area (Å²) in [5, 5.41) is 97.3. The van der Waals surface area contributed by atoms with Crippen LogP contribution >= 0.6 is 0 Å². The van der Waals surface area contributed by atoms with Crippen molar-refractivity contribution in [1.82, 2.24) is 5.32 Å². The summed E-state index contributed by atoms with van der Waals surface area (Å²) in [6.45, 7) is -2.77. The van der Waals surface area contributed by atoms with Gasteiger partial charge in [-0.25, -0.2) is 9.59 Å². The number of nitrogens with one attached hydrogen (secondary N) is 3. The van der Waals surface area contributed by atoms with Gasteiger partial charge in [0.25, 0.3) is 0 Å². The van der Waals surface area contributed by atoms with Gasteiger partial charge in [0, 0.05) is 26.5 Å².